The van der Waals surface area contributed by atoms with Gasteiger partial charge in [-0.05, 0) is 37.1 Å². The number of rotatable bonds is 7. The average Bonchev–Trinajstić information content (AvgIpc) is 2.86. The molecule has 0 spiro atoms. The lowest BCUT2D eigenvalue weighted by molar-refractivity contribution is 0.133. The van der Waals surface area contributed by atoms with Gasteiger partial charge < -0.3 is 10.4 Å². The van der Waals surface area contributed by atoms with Gasteiger partial charge in [-0.3, -0.25) is 0 Å². The predicted octanol–water partition coefficient (Wildman–Crippen LogP) is 1.82. The Kier molecular flexibility index (Phi) is 5.98. The second-order valence-electron chi connectivity index (χ2n) is 6.37. The van der Waals surface area contributed by atoms with Crippen LogP contribution in [0.3, 0.4) is 0 Å². The van der Waals surface area contributed by atoms with E-state index in [-0.39, 0.29) is 0 Å². The largest absolute Gasteiger partial charge is 0.396 e. The number of nitrogens with one attached hydrogen (secondary N) is 1. The van der Waals surface area contributed by atoms with Crippen molar-refractivity contribution in [3.05, 3.63) is 12.2 Å². The highest BCUT2D eigenvalue weighted by Crippen LogP contribution is 2.29. The van der Waals surface area contributed by atoms with E-state index in [2.05, 4.69) is 29.2 Å². The Balaban J connectivity index is 1.79. The molecule has 2 rings (SSSR count). The second-order valence-corrected chi connectivity index (χ2v) is 6.37. The number of nitrogens with zero attached hydrogens (tertiary/aromatic N) is 3. The van der Waals surface area contributed by atoms with Gasteiger partial charge in [-0.15, -0.1) is 0 Å². The van der Waals surface area contributed by atoms with Crippen LogP contribution in [-0.4, -0.2) is 33.0 Å². The predicted molar refractivity (Wildman–Crippen MR) is 79.1 cm³/mol. The minimum atomic E-state index is 0.329. The summed E-state index contributed by atoms with van der Waals surface area (Å²) in [5.74, 6) is 2.67. The number of hydrogen-bond donors (Lipinski definition) is 2. The molecule has 0 amide bonds. The molecule has 2 unspecified atom stereocenters. The van der Waals surface area contributed by atoms with E-state index in [4.69, 9.17) is 0 Å². The van der Waals surface area contributed by atoms with E-state index in [1.165, 1.54) is 25.7 Å². The molecule has 0 saturated heterocycles. The van der Waals surface area contributed by atoms with Crippen molar-refractivity contribution in [2.45, 2.75) is 52.6 Å². The third kappa shape index (κ3) is 4.28. The zero-order chi connectivity index (χ0) is 14.4. The molecule has 1 aromatic heterocycles. The lowest BCUT2D eigenvalue weighted by atomic mass is 9.79. The number of aliphatic hydroxyl groups is 1. The molecule has 1 heterocycles. The van der Waals surface area contributed by atoms with Crippen molar-refractivity contribution < 1.29 is 5.11 Å². The molecule has 1 aliphatic carbocycles. The molecule has 0 bridgehead atoms. The van der Waals surface area contributed by atoms with E-state index in [0.717, 1.165) is 25.5 Å². The quantitative estimate of drug-likeness (QED) is 0.800. The third-order valence-electron chi connectivity index (χ3n) is 4.22. The maximum Gasteiger partial charge on any atom is 0.140 e. The van der Waals surface area contributed by atoms with Crippen LogP contribution in [0.25, 0.3) is 0 Å². The van der Waals surface area contributed by atoms with Crippen LogP contribution >= 0.6 is 0 Å². The Bertz CT molecular complexity index is 391. The topological polar surface area (TPSA) is 63.0 Å². The molecule has 1 saturated carbocycles. The van der Waals surface area contributed by atoms with Crippen molar-refractivity contribution >= 4 is 0 Å². The third-order valence-corrected chi connectivity index (χ3v) is 4.22. The molecule has 2 atom stereocenters. The zero-order valence-electron chi connectivity index (χ0n) is 12.8. The summed E-state index contributed by atoms with van der Waals surface area (Å²) in [6.45, 7) is 7.36. The van der Waals surface area contributed by atoms with Crippen molar-refractivity contribution in [3.8, 4) is 0 Å². The van der Waals surface area contributed by atoms with E-state index in [1.807, 2.05) is 4.68 Å². The van der Waals surface area contributed by atoms with Crippen LogP contribution in [0.4, 0.5) is 0 Å². The van der Waals surface area contributed by atoms with Gasteiger partial charge in [0.25, 0.3) is 0 Å². The van der Waals surface area contributed by atoms with E-state index in [9.17, 15) is 5.11 Å². The molecule has 2 N–H and O–H groups in total. The van der Waals surface area contributed by atoms with E-state index >= 15 is 0 Å². The van der Waals surface area contributed by atoms with Crippen LogP contribution in [0.5, 0.6) is 0 Å². The smallest absolute Gasteiger partial charge is 0.140 e. The highest BCUT2D eigenvalue weighted by atomic mass is 16.3. The molecule has 1 aliphatic rings. The Labute approximate surface area is 121 Å². The van der Waals surface area contributed by atoms with Crippen molar-refractivity contribution in [2.75, 3.05) is 13.2 Å². The first-order chi connectivity index (χ1) is 9.70. The molecular weight excluding hydrogens is 252 g/mol. The van der Waals surface area contributed by atoms with Gasteiger partial charge in [-0.1, -0.05) is 26.7 Å². The van der Waals surface area contributed by atoms with Gasteiger partial charge in [0.2, 0.25) is 0 Å². The fourth-order valence-corrected chi connectivity index (χ4v) is 3.09. The van der Waals surface area contributed by atoms with Crippen LogP contribution < -0.4 is 5.32 Å². The molecule has 0 radical (unpaired) electrons. The second kappa shape index (κ2) is 7.74. The highest BCUT2D eigenvalue weighted by molar-refractivity contribution is 4.85. The van der Waals surface area contributed by atoms with E-state index < -0.39 is 0 Å². The first-order valence-corrected chi connectivity index (χ1v) is 7.89. The number of aliphatic hydroxyl groups excluding tert-OH is 1. The zero-order valence-corrected chi connectivity index (χ0v) is 12.8. The van der Waals surface area contributed by atoms with Crippen LogP contribution in [0, 0.1) is 17.8 Å². The lowest BCUT2D eigenvalue weighted by Gasteiger charge is -2.30. The van der Waals surface area contributed by atoms with Gasteiger partial charge >= 0.3 is 0 Å². The van der Waals surface area contributed by atoms with Crippen LogP contribution in [-0.2, 0) is 13.1 Å². The van der Waals surface area contributed by atoms with Gasteiger partial charge in [0.15, 0.2) is 0 Å². The Morgan fingerprint density at radius 1 is 1.35 bits per heavy atom. The Morgan fingerprint density at radius 3 is 2.80 bits per heavy atom. The molecule has 1 fully saturated rings. The molecule has 0 aliphatic heterocycles. The summed E-state index contributed by atoms with van der Waals surface area (Å²) in [7, 11) is 0. The standard InChI is InChI=1S/C15H28N4O/c1-12(2)9-19-15(17-11-18-19)8-16-7-13-5-3-4-6-14(13)10-20/h11-14,16,20H,3-10H2,1-2H3. The average molecular weight is 280 g/mol. The molecule has 114 valence electrons. The lowest BCUT2D eigenvalue weighted by Crippen LogP contribution is -2.32. The first-order valence-electron chi connectivity index (χ1n) is 7.89. The van der Waals surface area contributed by atoms with Crippen molar-refractivity contribution in [1.29, 1.82) is 0 Å². The monoisotopic (exact) mass is 280 g/mol. The van der Waals surface area contributed by atoms with Gasteiger partial charge in [0.05, 0.1) is 6.54 Å². The van der Waals surface area contributed by atoms with E-state index in [1.54, 1.807) is 6.33 Å². The van der Waals surface area contributed by atoms with E-state index in [0.29, 0.717) is 24.4 Å². The molecule has 1 aromatic rings. The SMILES string of the molecule is CC(C)Cn1ncnc1CNCC1CCCCC1CO. The maximum atomic E-state index is 9.43. The van der Waals surface area contributed by atoms with Gasteiger partial charge in [-0.25, -0.2) is 9.67 Å². The fraction of sp³-hybridized carbons (Fsp3) is 0.867. The van der Waals surface area contributed by atoms with Gasteiger partial charge in [-0.2, -0.15) is 5.10 Å². The summed E-state index contributed by atoms with van der Waals surface area (Å²) in [4.78, 5) is 4.33. The van der Waals surface area contributed by atoms with Crippen LogP contribution in [0.2, 0.25) is 0 Å². The summed E-state index contributed by atoms with van der Waals surface area (Å²) in [6, 6.07) is 0. The number of aromatic nitrogens is 3. The minimum Gasteiger partial charge on any atom is -0.396 e. The van der Waals surface area contributed by atoms with Crippen molar-refractivity contribution in [3.63, 3.8) is 0 Å². The molecule has 0 aromatic carbocycles. The molecular formula is C15H28N4O. The summed E-state index contributed by atoms with van der Waals surface area (Å²) in [5, 5.41) is 17.2. The fourth-order valence-electron chi connectivity index (χ4n) is 3.09. The summed E-state index contributed by atoms with van der Waals surface area (Å²) < 4.78 is 1.99. The maximum absolute atomic E-state index is 9.43. The van der Waals surface area contributed by atoms with Gasteiger partial charge in [0, 0.05) is 13.2 Å². The Hall–Kier alpha value is -0.940. The number of hydrogen-bond acceptors (Lipinski definition) is 4. The summed E-state index contributed by atoms with van der Waals surface area (Å²) in [5.41, 5.74) is 0. The first kappa shape index (κ1) is 15.4. The van der Waals surface area contributed by atoms with Gasteiger partial charge in [0.1, 0.15) is 12.2 Å². The van der Waals surface area contributed by atoms with Crippen LogP contribution in [0.15, 0.2) is 6.33 Å². The van der Waals surface area contributed by atoms with Crippen molar-refractivity contribution in [1.82, 2.24) is 20.1 Å². The molecule has 5 nitrogen and oxygen atoms in total. The summed E-state index contributed by atoms with van der Waals surface area (Å²) in [6.07, 6.45) is 6.61. The Morgan fingerprint density at radius 2 is 2.10 bits per heavy atom. The normalized spacial score (nSPS) is 23.4. The molecule has 20 heavy (non-hydrogen) atoms. The molecule has 5 heteroatoms. The highest BCUT2D eigenvalue weighted by Gasteiger charge is 2.24. The van der Waals surface area contributed by atoms with Crippen molar-refractivity contribution in [2.24, 2.45) is 17.8 Å². The minimum absolute atomic E-state index is 0.329. The summed E-state index contributed by atoms with van der Waals surface area (Å²) >= 11 is 0. The van der Waals surface area contributed by atoms with Crippen LogP contribution in [0.1, 0.15) is 45.4 Å².